The van der Waals surface area contributed by atoms with E-state index in [1.807, 2.05) is 18.2 Å². The minimum absolute atomic E-state index is 0.109. The van der Waals surface area contributed by atoms with E-state index in [1.165, 1.54) is 5.56 Å². The lowest BCUT2D eigenvalue weighted by Crippen LogP contribution is -2.32. The predicted octanol–water partition coefficient (Wildman–Crippen LogP) is 2.61. The van der Waals surface area contributed by atoms with Crippen molar-refractivity contribution in [3.8, 4) is 5.75 Å². The summed E-state index contributed by atoms with van der Waals surface area (Å²) in [5.41, 5.74) is 6.93. The van der Waals surface area contributed by atoms with E-state index in [1.54, 1.807) is 0 Å². The number of benzene rings is 1. The fourth-order valence-corrected chi connectivity index (χ4v) is 1.53. The second-order valence-electron chi connectivity index (χ2n) is 4.10. The van der Waals surface area contributed by atoms with Crippen molar-refractivity contribution in [2.45, 2.75) is 33.3 Å². The van der Waals surface area contributed by atoms with Gasteiger partial charge in [-0.15, -0.1) is 0 Å². The Labute approximate surface area is 92.4 Å². The molecule has 0 fully saturated rings. The summed E-state index contributed by atoms with van der Waals surface area (Å²) in [7, 11) is 0. The number of rotatable bonds is 5. The van der Waals surface area contributed by atoms with E-state index in [0.717, 1.165) is 12.2 Å². The van der Waals surface area contributed by atoms with Crippen molar-refractivity contribution in [2.75, 3.05) is 6.54 Å². The number of ether oxygens (including phenoxy) is 1. The van der Waals surface area contributed by atoms with Crippen LogP contribution in [0.25, 0.3) is 0 Å². The Kier molecular flexibility index (Phi) is 4.63. The maximum Gasteiger partial charge on any atom is 0.122 e. The molecule has 0 aliphatic carbocycles. The van der Waals surface area contributed by atoms with Gasteiger partial charge in [-0.2, -0.15) is 0 Å². The summed E-state index contributed by atoms with van der Waals surface area (Å²) in [6, 6.07) is 8.16. The molecule has 1 aromatic carbocycles. The van der Waals surface area contributed by atoms with E-state index in [4.69, 9.17) is 10.5 Å². The normalized spacial score (nSPS) is 12.9. The Balaban J connectivity index is 2.78. The summed E-state index contributed by atoms with van der Waals surface area (Å²) in [6.45, 7) is 6.96. The van der Waals surface area contributed by atoms with E-state index < -0.39 is 0 Å². The molecule has 84 valence electrons. The van der Waals surface area contributed by atoms with Crippen molar-refractivity contribution in [2.24, 2.45) is 11.7 Å². The Morgan fingerprint density at radius 2 is 1.93 bits per heavy atom. The molecule has 1 rings (SSSR count). The van der Waals surface area contributed by atoms with Crippen LogP contribution in [0.2, 0.25) is 0 Å². The highest BCUT2D eigenvalue weighted by molar-refractivity contribution is 5.33. The van der Waals surface area contributed by atoms with Crippen molar-refractivity contribution in [3.05, 3.63) is 29.8 Å². The van der Waals surface area contributed by atoms with E-state index in [0.29, 0.717) is 12.5 Å². The summed E-state index contributed by atoms with van der Waals surface area (Å²) >= 11 is 0. The lowest BCUT2D eigenvalue weighted by atomic mass is 10.1. The standard InChI is InChI=1S/C13H21NO/c1-4-11-7-5-6-8-12(11)15-13(9-14)10(2)3/h5-8,10,13H,4,9,14H2,1-3H3. The lowest BCUT2D eigenvalue weighted by molar-refractivity contribution is 0.158. The van der Waals surface area contributed by atoms with Gasteiger partial charge < -0.3 is 10.5 Å². The van der Waals surface area contributed by atoms with Crippen molar-refractivity contribution in [3.63, 3.8) is 0 Å². The third-order valence-corrected chi connectivity index (χ3v) is 2.61. The Morgan fingerprint density at radius 3 is 2.47 bits per heavy atom. The zero-order valence-corrected chi connectivity index (χ0v) is 9.86. The van der Waals surface area contributed by atoms with Crippen LogP contribution >= 0.6 is 0 Å². The Morgan fingerprint density at radius 1 is 1.27 bits per heavy atom. The summed E-state index contributed by atoms with van der Waals surface area (Å²) in [5.74, 6) is 1.42. The number of hydrogen-bond donors (Lipinski definition) is 1. The second kappa shape index (κ2) is 5.76. The first kappa shape index (κ1) is 12.1. The molecular formula is C13H21NO. The second-order valence-corrected chi connectivity index (χ2v) is 4.10. The van der Waals surface area contributed by atoms with E-state index in [-0.39, 0.29) is 6.10 Å². The van der Waals surface area contributed by atoms with E-state index in [9.17, 15) is 0 Å². The molecule has 0 aliphatic heterocycles. The van der Waals surface area contributed by atoms with Crippen LogP contribution < -0.4 is 10.5 Å². The number of aryl methyl sites for hydroxylation is 1. The van der Waals surface area contributed by atoms with Gasteiger partial charge in [0.25, 0.3) is 0 Å². The van der Waals surface area contributed by atoms with Gasteiger partial charge in [0, 0.05) is 6.54 Å². The molecule has 2 N–H and O–H groups in total. The molecule has 15 heavy (non-hydrogen) atoms. The van der Waals surface area contributed by atoms with Crippen LogP contribution in [-0.4, -0.2) is 12.6 Å². The lowest BCUT2D eigenvalue weighted by Gasteiger charge is -2.22. The predicted molar refractivity (Wildman–Crippen MR) is 64.1 cm³/mol. The molecule has 1 aromatic rings. The molecular weight excluding hydrogens is 186 g/mol. The fourth-order valence-electron chi connectivity index (χ4n) is 1.53. The maximum atomic E-state index is 5.92. The molecule has 0 aromatic heterocycles. The molecule has 0 saturated heterocycles. The smallest absolute Gasteiger partial charge is 0.122 e. The highest BCUT2D eigenvalue weighted by Crippen LogP contribution is 2.21. The van der Waals surface area contributed by atoms with Crippen molar-refractivity contribution in [1.82, 2.24) is 0 Å². The zero-order valence-electron chi connectivity index (χ0n) is 9.86. The van der Waals surface area contributed by atoms with Gasteiger partial charge in [-0.3, -0.25) is 0 Å². The molecule has 0 radical (unpaired) electrons. The van der Waals surface area contributed by atoms with Gasteiger partial charge >= 0.3 is 0 Å². The van der Waals surface area contributed by atoms with E-state index in [2.05, 4.69) is 26.8 Å². The van der Waals surface area contributed by atoms with E-state index >= 15 is 0 Å². The largest absolute Gasteiger partial charge is 0.489 e. The number of nitrogens with two attached hydrogens (primary N) is 1. The summed E-state index contributed by atoms with van der Waals surface area (Å²) in [6.07, 6.45) is 1.10. The van der Waals surface area contributed by atoms with Crippen molar-refractivity contribution >= 4 is 0 Å². The summed E-state index contributed by atoms with van der Waals surface area (Å²) < 4.78 is 5.92. The molecule has 0 heterocycles. The number of hydrogen-bond acceptors (Lipinski definition) is 2. The Hall–Kier alpha value is -1.02. The summed E-state index contributed by atoms with van der Waals surface area (Å²) in [4.78, 5) is 0. The zero-order chi connectivity index (χ0) is 11.3. The first-order chi connectivity index (χ1) is 7.19. The van der Waals surface area contributed by atoms with Gasteiger partial charge in [0.15, 0.2) is 0 Å². The molecule has 1 atom stereocenters. The van der Waals surface area contributed by atoms with Crippen LogP contribution in [0.4, 0.5) is 0 Å². The van der Waals surface area contributed by atoms with Gasteiger partial charge in [0.1, 0.15) is 11.9 Å². The quantitative estimate of drug-likeness (QED) is 0.805. The van der Waals surface area contributed by atoms with Gasteiger partial charge in [0.2, 0.25) is 0 Å². The van der Waals surface area contributed by atoms with Crippen LogP contribution in [0.1, 0.15) is 26.3 Å². The molecule has 0 aliphatic rings. The molecule has 2 nitrogen and oxygen atoms in total. The van der Waals surface area contributed by atoms with Crippen LogP contribution in [0.3, 0.4) is 0 Å². The maximum absolute atomic E-state index is 5.92. The Bertz CT molecular complexity index is 296. The van der Waals surface area contributed by atoms with Crippen LogP contribution in [0, 0.1) is 5.92 Å². The average molecular weight is 207 g/mol. The summed E-state index contributed by atoms with van der Waals surface area (Å²) in [5, 5.41) is 0. The molecule has 0 spiro atoms. The van der Waals surface area contributed by atoms with Crippen LogP contribution in [0.15, 0.2) is 24.3 Å². The molecule has 2 heteroatoms. The van der Waals surface area contributed by atoms with Gasteiger partial charge in [-0.1, -0.05) is 39.0 Å². The third-order valence-electron chi connectivity index (χ3n) is 2.61. The monoisotopic (exact) mass is 207 g/mol. The average Bonchev–Trinajstić information content (AvgIpc) is 2.25. The van der Waals surface area contributed by atoms with Crippen LogP contribution in [0.5, 0.6) is 5.75 Å². The van der Waals surface area contributed by atoms with Crippen LogP contribution in [-0.2, 0) is 6.42 Å². The topological polar surface area (TPSA) is 35.2 Å². The van der Waals surface area contributed by atoms with Gasteiger partial charge in [-0.05, 0) is 24.0 Å². The van der Waals surface area contributed by atoms with Gasteiger partial charge in [-0.25, -0.2) is 0 Å². The first-order valence-corrected chi connectivity index (χ1v) is 5.63. The minimum atomic E-state index is 0.109. The highest BCUT2D eigenvalue weighted by atomic mass is 16.5. The van der Waals surface area contributed by atoms with Crippen molar-refractivity contribution < 1.29 is 4.74 Å². The molecule has 0 bridgehead atoms. The molecule has 0 saturated carbocycles. The molecule has 1 unspecified atom stereocenters. The third kappa shape index (κ3) is 3.24. The number of para-hydroxylation sites is 1. The first-order valence-electron chi connectivity index (χ1n) is 5.63. The van der Waals surface area contributed by atoms with Crippen molar-refractivity contribution in [1.29, 1.82) is 0 Å². The minimum Gasteiger partial charge on any atom is -0.489 e. The van der Waals surface area contributed by atoms with Gasteiger partial charge in [0.05, 0.1) is 0 Å². The SMILES string of the molecule is CCc1ccccc1OC(CN)C(C)C. The highest BCUT2D eigenvalue weighted by Gasteiger charge is 2.14. The fraction of sp³-hybridized carbons (Fsp3) is 0.538. The molecule has 0 amide bonds.